The van der Waals surface area contributed by atoms with Gasteiger partial charge in [0.05, 0.1) is 18.2 Å². The van der Waals surface area contributed by atoms with Crippen molar-refractivity contribution < 1.29 is 32.6 Å². The standard InChI is InChI=1S/C19H23F3N4O4/c20-19(21,22)30-14-3-1-2-12(10-14)11-17(27)25-15(23)4-5-16(24)26-8-6-13(7-9-26)18(28)29/h1-5,10,13H,6-9,11,23-24H2,(H,25,27)(H,28,29)/b15-4+,16-5+. The number of nitrogens with two attached hydrogens (primary N) is 2. The van der Waals surface area contributed by atoms with E-state index in [2.05, 4.69) is 10.1 Å². The lowest BCUT2D eigenvalue weighted by molar-refractivity contribution is -0.274. The van der Waals surface area contributed by atoms with Crippen molar-refractivity contribution in [2.24, 2.45) is 17.4 Å². The van der Waals surface area contributed by atoms with Crippen LogP contribution in [-0.2, 0) is 16.0 Å². The number of hydrogen-bond donors (Lipinski definition) is 4. The monoisotopic (exact) mass is 428 g/mol. The first-order valence-electron chi connectivity index (χ1n) is 9.08. The van der Waals surface area contributed by atoms with Crippen molar-refractivity contribution >= 4 is 11.9 Å². The van der Waals surface area contributed by atoms with Crippen LogP contribution in [0.5, 0.6) is 5.75 Å². The number of carbonyl (C=O) groups is 2. The SMILES string of the molecule is N/C(=C\C=C(/N)N1CCC(C(=O)O)CC1)NC(=O)Cc1cccc(OC(F)(F)F)c1. The number of halogens is 3. The first-order valence-corrected chi connectivity index (χ1v) is 9.08. The van der Waals surface area contributed by atoms with Gasteiger partial charge in [-0.1, -0.05) is 12.1 Å². The Bertz CT molecular complexity index is 831. The van der Waals surface area contributed by atoms with Crippen molar-refractivity contribution in [3.63, 3.8) is 0 Å². The Morgan fingerprint density at radius 2 is 1.90 bits per heavy atom. The molecule has 0 aliphatic carbocycles. The van der Waals surface area contributed by atoms with E-state index in [1.807, 2.05) is 4.90 Å². The molecule has 1 fully saturated rings. The van der Waals surface area contributed by atoms with E-state index >= 15 is 0 Å². The number of amides is 1. The number of likely N-dealkylation sites (tertiary alicyclic amines) is 1. The molecule has 164 valence electrons. The molecule has 11 heteroatoms. The highest BCUT2D eigenvalue weighted by atomic mass is 19.4. The molecule has 0 unspecified atom stereocenters. The Balaban J connectivity index is 1.88. The van der Waals surface area contributed by atoms with Crippen LogP contribution in [0.4, 0.5) is 13.2 Å². The summed E-state index contributed by atoms with van der Waals surface area (Å²) in [5.74, 6) is -1.76. The molecule has 0 saturated carbocycles. The Morgan fingerprint density at radius 3 is 2.50 bits per heavy atom. The molecule has 0 radical (unpaired) electrons. The minimum absolute atomic E-state index is 0.00562. The summed E-state index contributed by atoms with van der Waals surface area (Å²) in [6.07, 6.45) is -1.17. The van der Waals surface area contributed by atoms with Gasteiger partial charge in [0.15, 0.2) is 0 Å². The summed E-state index contributed by atoms with van der Waals surface area (Å²) < 4.78 is 40.6. The molecule has 1 aliphatic rings. The van der Waals surface area contributed by atoms with Gasteiger partial charge >= 0.3 is 12.3 Å². The highest BCUT2D eigenvalue weighted by molar-refractivity contribution is 5.80. The molecule has 30 heavy (non-hydrogen) atoms. The predicted molar refractivity (Wildman–Crippen MR) is 101 cm³/mol. The van der Waals surface area contributed by atoms with E-state index in [9.17, 15) is 22.8 Å². The molecule has 1 amide bonds. The number of nitrogens with zero attached hydrogens (tertiary/aromatic N) is 1. The van der Waals surface area contributed by atoms with E-state index < -0.39 is 24.0 Å². The molecule has 1 aliphatic heterocycles. The summed E-state index contributed by atoms with van der Waals surface area (Å²) in [7, 11) is 0. The van der Waals surface area contributed by atoms with E-state index in [1.54, 1.807) is 0 Å². The normalized spacial score (nSPS) is 16.3. The maximum absolute atomic E-state index is 12.3. The quantitative estimate of drug-likeness (QED) is 0.486. The van der Waals surface area contributed by atoms with Crippen molar-refractivity contribution in [2.45, 2.75) is 25.6 Å². The van der Waals surface area contributed by atoms with Crippen molar-refractivity contribution in [2.75, 3.05) is 13.1 Å². The molecule has 1 aromatic rings. The third-order valence-electron chi connectivity index (χ3n) is 4.42. The Hall–Kier alpha value is -3.37. The van der Waals surface area contributed by atoms with Gasteiger partial charge < -0.3 is 31.5 Å². The van der Waals surface area contributed by atoms with Crippen LogP contribution in [0.3, 0.4) is 0 Å². The first-order chi connectivity index (χ1) is 14.0. The highest BCUT2D eigenvalue weighted by Gasteiger charge is 2.31. The number of nitrogens with one attached hydrogen (secondary N) is 1. The minimum atomic E-state index is -4.82. The molecule has 2 rings (SSSR count). The Labute approximate surface area is 171 Å². The third-order valence-corrected chi connectivity index (χ3v) is 4.42. The number of rotatable bonds is 7. The lowest BCUT2D eigenvalue weighted by Crippen LogP contribution is -2.38. The number of carboxylic acids is 1. The molecule has 0 atom stereocenters. The zero-order chi connectivity index (χ0) is 22.3. The zero-order valence-electron chi connectivity index (χ0n) is 16.0. The number of aliphatic carboxylic acids is 1. The molecular formula is C19H23F3N4O4. The van der Waals surface area contributed by atoms with E-state index in [1.165, 1.54) is 24.3 Å². The van der Waals surface area contributed by atoms with Crippen LogP contribution >= 0.6 is 0 Å². The number of carbonyl (C=O) groups excluding carboxylic acids is 1. The number of allylic oxidation sites excluding steroid dienone is 2. The largest absolute Gasteiger partial charge is 0.573 e. The van der Waals surface area contributed by atoms with Crippen LogP contribution in [0.25, 0.3) is 0 Å². The topological polar surface area (TPSA) is 131 Å². The van der Waals surface area contributed by atoms with Gasteiger partial charge in [-0.05, 0) is 42.7 Å². The van der Waals surface area contributed by atoms with Crippen LogP contribution in [-0.4, -0.2) is 41.3 Å². The Kier molecular flexibility index (Phi) is 7.56. The van der Waals surface area contributed by atoms with Crippen molar-refractivity contribution in [3.8, 4) is 5.75 Å². The number of benzene rings is 1. The lowest BCUT2D eigenvalue weighted by atomic mass is 9.97. The maximum atomic E-state index is 12.3. The van der Waals surface area contributed by atoms with Crippen LogP contribution in [0.15, 0.2) is 48.1 Å². The predicted octanol–water partition coefficient (Wildman–Crippen LogP) is 1.64. The van der Waals surface area contributed by atoms with Crippen LogP contribution in [0.1, 0.15) is 18.4 Å². The average molecular weight is 428 g/mol. The molecular weight excluding hydrogens is 405 g/mol. The summed E-state index contributed by atoms with van der Waals surface area (Å²) in [5, 5.41) is 11.4. The molecule has 1 saturated heterocycles. The van der Waals surface area contributed by atoms with Gasteiger partial charge in [-0.15, -0.1) is 13.2 Å². The fourth-order valence-corrected chi connectivity index (χ4v) is 2.95. The van der Waals surface area contributed by atoms with Gasteiger partial charge in [0.2, 0.25) is 5.91 Å². The first kappa shape index (κ1) is 22.9. The molecule has 0 aromatic heterocycles. The Morgan fingerprint density at radius 1 is 1.23 bits per heavy atom. The zero-order valence-corrected chi connectivity index (χ0v) is 16.0. The smallest absolute Gasteiger partial charge is 0.481 e. The molecule has 6 N–H and O–H groups in total. The van der Waals surface area contributed by atoms with Gasteiger partial charge in [0.1, 0.15) is 11.6 Å². The lowest BCUT2D eigenvalue weighted by Gasteiger charge is -2.31. The third kappa shape index (κ3) is 7.57. The van der Waals surface area contributed by atoms with Crippen molar-refractivity contribution in [1.82, 2.24) is 10.2 Å². The fraction of sp³-hybridized carbons (Fsp3) is 0.368. The number of carboxylic acid groups (broad SMARTS) is 1. The molecule has 1 aromatic carbocycles. The number of piperidine rings is 1. The summed E-state index contributed by atoms with van der Waals surface area (Å²) in [5.41, 5.74) is 12.0. The summed E-state index contributed by atoms with van der Waals surface area (Å²) >= 11 is 0. The maximum Gasteiger partial charge on any atom is 0.573 e. The summed E-state index contributed by atoms with van der Waals surface area (Å²) in [4.78, 5) is 24.8. The van der Waals surface area contributed by atoms with E-state index in [0.29, 0.717) is 37.3 Å². The second-order valence-corrected chi connectivity index (χ2v) is 6.73. The number of ether oxygens (including phenoxy) is 1. The van der Waals surface area contributed by atoms with Gasteiger partial charge in [-0.2, -0.15) is 0 Å². The highest BCUT2D eigenvalue weighted by Crippen LogP contribution is 2.23. The molecule has 8 nitrogen and oxygen atoms in total. The van der Waals surface area contributed by atoms with Gasteiger partial charge in [-0.3, -0.25) is 9.59 Å². The number of hydrogen-bond acceptors (Lipinski definition) is 6. The van der Waals surface area contributed by atoms with E-state index in [0.717, 1.165) is 12.1 Å². The second-order valence-electron chi connectivity index (χ2n) is 6.73. The van der Waals surface area contributed by atoms with Gasteiger partial charge in [0, 0.05) is 13.1 Å². The van der Waals surface area contributed by atoms with Crippen molar-refractivity contribution in [3.05, 3.63) is 53.6 Å². The van der Waals surface area contributed by atoms with E-state index in [-0.39, 0.29) is 18.2 Å². The van der Waals surface area contributed by atoms with Gasteiger partial charge in [0.25, 0.3) is 0 Å². The van der Waals surface area contributed by atoms with E-state index in [4.69, 9.17) is 16.6 Å². The van der Waals surface area contributed by atoms with Crippen LogP contribution < -0.4 is 21.5 Å². The summed E-state index contributed by atoms with van der Waals surface area (Å²) in [6, 6.07) is 5.09. The van der Waals surface area contributed by atoms with Crippen molar-refractivity contribution in [1.29, 1.82) is 0 Å². The minimum Gasteiger partial charge on any atom is -0.481 e. The molecule has 1 heterocycles. The van der Waals surface area contributed by atoms with Crippen LogP contribution in [0, 0.1) is 5.92 Å². The average Bonchev–Trinajstić information content (AvgIpc) is 2.65. The number of alkyl halides is 3. The molecule has 0 bridgehead atoms. The van der Waals surface area contributed by atoms with Gasteiger partial charge in [-0.25, -0.2) is 0 Å². The molecule has 0 spiro atoms. The summed E-state index contributed by atoms with van der Waals surface area (Å²) in [6.45, 7) is 0.992. The van der Waals surface area contributed by atoms with Crippen LogP contribution in [0.2, 0.25) is 0 Å². The fourth-order valence-electron chi connectivity index (χ4n) is 2.95. The second kappa shape index (κ2) is 9.90.